The van der Waals surface area contributed by atoms with Gasteiger partial charge in [0.1, 0.15) is 0 Å². The number of hydrogen-bond acceptors (Lipinski definition) is 6. The minimum atomic E-state index is -0.734. The Morgan fingerprint density at radius 1 is 1.17 bits per heavy atom. The van der Waals surface area contributed by atoms with Crippen LogP contribution < -0.4 is 4.74 Å². The molecule has 0 heterocycles. The third-order valence-electron chi connectivity index (χ3n) is 2.00. The Hall–Kier alpha value is -2.22. The average molecular weight is 256 g/mol. The fraction of sp³-hybridized carbons (Fsp3) is 0.400. The first-order chi connectivity index (χ1) is 8.57. The standard InChI is InChI=1S/C10H12N2O6/c1-2-6-17-7-18-10-8(11(13)14)4-3-5-9(10)12(15)16/h3-5H,2,6-7H2,1H3. The quantitative estimate of drug-likeness (QED) is 0.320. The number of hydrogen-bond donors (Lipinski definition) is 0. The number of nitro groups is 2. The number of benzene rings is 1. The molecule has 0 saturated heterocycles. The first-order valence-electron chi connectivity index (χ1n) is 5.20. The van der Waals surface area contributed by atoms with Gasteiger partial charge in [0.05, 0.1) is 16.5 Å². The van der Waals surface area contributed by atoms with Crippen molar-refractivity contribution in [1.29, 1.82) is 0 Å². The second-order valence-corrected chi connectivity index (χ2v) is 3.31. The van der Waals surface area contributed by atoms with Gasteiger partial charge in [0, 0.05) is 12.1 Å². The molecule has 0 unspecified atom stereocenters. The van der Waals surface area contributed by atoms with E-state index in [0.29, 0.717) is 6.61 Å². The van der Waals surface area contributed by atoms with E-state index in [-0.39, 0.29) is 12.5 Å². The first-order valence-corrected chi connectivity index (χ1v) is 5.20. The summed E-state index contributed by atoms with van der Waals surface area (Å²) in [5.74, 6) is -0.386. The molecule has 8 heteroatoms. The highest BCUT2D eigenvalue weighted by atomic mass is 16.7. The van der Waals surface area contributed by atoms with Gasteiger partial charge < -0.3 is 9.47 Å². The molecule has 0 saturated carbocycles. The molecule has 1 aromatic rings. The molecule has 0 aromatic heterocycles. The van der Waals surface area contributed by atoms with E-state index in [0.717, 1.165) is 18.6 Å². The highest BCUT2D eigenvalue weighted by Crippen LogP contribution is 2.36. The normalized spacial score (nSPS) is 10.1. The molecule has 0 radical (unpaired) electrons. The molecule has 0 N–H and O–H groups in total. The molecule has 1 aromatic carbocycles. The maximum Gasteiger partial charge on any atom is 0.318 e. The van der Waals surface area contributed by atoms with Gasteiger partial charge in [-0.25, -0.2) is 0 Å². The molecular formula is C10H12N2O6. The summed E-state index contributed by atoms with van der Waals surface area (Å²) < 4.78 is 9.98. The van der Waals surface area contributed by atoms with Crippen LogP contribution in [0.25, 0.3) is 0 Å². The molecule has 1 rings (SSSR count). The second kappa shape index (κ2) is 6.50. The van der Waals surface area contributed by atoms with E-state index in [1.165, 1.54) is 6.07 Å². The van der Waals surface area contributed by atoms with E-state index in [1.807, 2.05) is 6.92 Å². The molecule has 0 spiro atoms. The van der Waals surface area contributed by atoms with Crippen LogP contribution in [-0.4, -0.2) is 23.2 Å². The minimum absolute atomic E-state index is 0.264. The van der Waals surface area contributed by atoms with Gasteiger partial charge in [-0.2, -0.15) is 0 Å². The predicted molar refractivity (Wildman–Crippen MR) is 61.5 cm³/mol. The Labute approximate surface area is 102 Å². The van der Waals surface area contributed by atoms with Crippen LogP contribution in [0.3, 0.4) is 0 Å². The summed E-state index contributed by atoms with van der Waals surface area (Å²) in [6, 6.07) is 3.51. The Balaban J connectivity index is 2.96. The van der Waals surface area contributed by atoms with E-state index in [2.05, 4.69) is 0 Å². The smallest absolute Gasteiger partial charge is 0.318 e. The molecular weight excluding hydrogens is 244 g/mol. The van der Waals surface area contributed by atoms with E-state index >= 15 is 0 Å². The lowest BCUT2D eigenvalue weighted by molar-refractivity contribution is -0.396. The Morgan fingerprint density at radius 2 is 1.72 bits per heavy atom. The molecule has 0 bridgehead atoms. The lowest BCUT2D eigenvalue weighted by Crippen LogP contribution is -2.07. The summed E-state index contributed by atoms with van der Waals surface area (Å²) in [6.45, 7) is 2.03. The molecule has 0 aliphatic heterocycles. The highest BCUT2D eigenvalue weighted by molar-refractivity contribution is 5.59. The van der Waals surface area contributed by atoms with Gasteiger partial charge >= 0.3 is 11.4 Å². The lowest BCUT2D eigenvalue weighted by atomic mass is 10.2. The topological polar surface area (TPSA) is 105 Å². The number of rotatable bonds is 7. The van der Waals surface area contributed by atoms with Crippen molar-refractivity contribution in [2.24, 2.45) is 0 Å². The summed E-state index contributed by atoms with van der Waals surface area (Å²) >= 11 is 0. The largest absolute Gasteiger partial charge is 0.455 e. The molecule has 0 aliphatic rings. The van der Waals surface area contributed by atoms with E-state index < -0.39 is 21.2 Å². The maximum atomic E-state index is 10.7. The van der Waals surface area contributed by atoms with Crippen molar-refractivity contribution in [3.63, 3.8) is 0 Å². The summed E-state index contributed by atoms with van der Waals surface area (Å²) in [6.07, 6.45) is 0.752. The van der Waals surface area contributed by atoms with Crippen molar-refractivity contribution in [2.75, 3.05) is 13.4 Å². The molecule has 18 heavy (non-hydrogen) atoms. The lowest BCUT2D eigenvalue weighted by Gasteiger charge is -2.07. The van der Waals surface area contributed by atoms with Crippen LogP contribution in [0.15, 0.2) is 18.2 Å². The van der Waals surface area contributed by atoms with Crippen LogP contribution in [0.1, 0.15) is 13.3 Å². The van der Waals surface area contributed by atoms with Crippen molar-refractivity contribution >= 4 is 11.4 Å². The summed E-state index contributed by atoms with van der Waals surface area (Å²) in [5, 5.41) is 21.5. The summed E-state index contributed by atoms with van der Waals surface area (Å²) in [4.78, 5) is 20.0. The van der Waals surface area contributed by atoms with Crippen LogP contribution in [-0.2, 0) is 4.74 Å². The van der Waals surface area contributed by atoms with E-state index in [9.17, 15) is 20.2 Å². The second-order valence-electron chi connectivity index (χ2n) is 3.31. The van der Waals surface area contributed by atoms with E-state index in [1.54, 1.807) is 0 Å². The molecule has 0 fully saturated rings. The van der Waals surface area contributed by atoms with Crippen LogP contribution in [0, 0.1) is 20.2 Å². The van der Waals surface area contributed by atoms with Crippen LogP contribution in [0.5, 0.6) is 5.75 Å². The predicted octanol–water partition coefficient (Wildman–Crippen LogP) is 2.27. The number of ether oxygens (including phenoxy) is 2. The van der Waals surface area contributed by atoms with Gasteiger partial charge in [0.2, 0.25) is 0 Å². The molecule has 98 valence electrons. The van der Waals surface area contributed by atoms with Crippen LogP contribution >= 0.6 is 0 Å². The van der Waals surface area contributed by atoms with Crippen molar-refractivity contribution in [2.45, 2.75) is 13.3 Å². The Bertz CT molecular complexity index is 416. The fourth-order valence-electron chi connectivity index (χ4n) is 1.25. The number of para-hydroxylation sites is 1. The third-order valence-corrected chi connectivity index (χ3v) is 2.00. The van der Waals surface area contributed by atoms with Crippen molar-refractivity contribution in [1.82, 2.24) is 0 Å². The van der Waals surface area contributed by atoms with Crippen molar-refractivity contribution in [3.8, 4) is 5.75 Å². The number of nitro benzene ring substituents is 2. The third kappa shape index (κ3) is 3.39. The molecule has 0 amide bonds. The van der Waals surface area contributed by atoms with Gasteiger partial charge in [0.15, 0.2) is 6.79 Å². The summed E-state index contributed by atoms with van der Waals surface area (Å²) in [7, 11) is 0. The van der Waals surface area contributed by atoms with Gasteiger partial charge in [-0.15, -0.1) is 0 Å². The zero-order valence-electron chi connectivity index (χ0n) is 9.70. The van der Waals surface area contributed by atoms with Gasteiger partial charge in [-0.1, -0.05) is 6.92 Å². The monoisotopic (exact) mass is 256 g/mol. The van der Waals surface area contributed by atoms with Gasteiger partial charge in [-0.3, -0.25) is 20.2 Å². The SMILES string of the molecule is CCCOCOc1c([N+](=O)[O-])cccc1[N+](=O)[O-]. The van der Waals surface area contributed by atoms with Gasteiger partial charge in [-0.05, 0) is 12.5 Å². The fourth-order valence-corrected chi connectivity index (χ4v) is 1.25. The van der Waals surface area contributed by atoms with Crippen LogP contribution in [0.2, 0.25) is 0 Å². The highest BCUT2D eigenvalue weighted by Gasteiger charge is 2.26. The zero-order valence-corrected chi connectivity index (χ0v) is 9.70. The van der Waals surface area contributed by atoms with Crippen LogP contribution in [0.4, 0.5) is 11.4 Å². The Kier molecular flexibility index (Phi) is 5.00. The maximum absolute atomic E-state index is 10.7. The zero-order chi connectivity index (χ0) is 13.5. The van der Waals surface area contributed by atoms with E-state index in [4.69, 9.17) is 9.47 Å². The molecule has 0 aliphatic carbocycles. The van der Waals surface area contributed by atoms with Crippen molar-refractivity contribution in [3.05, 3.63) is 38.4 Å². The molecule has 8 nitrogen and oxygen atoms in total. The van der Waals surface area contributed by atoms with Crippen molar-refractivity contribution < 1.29 is 19.3 Å². The minimum Gasteiger partial charge on any atom is -0.455 e. The number of nitrogens with zero attached hydrogens (tertiary/aromatic N) is 2. The molecule has 0 atom stereocenters. The Morgan fingerprint density at radius 3 is 2.17 bits per heavy atom. The summed E-state index contributed by atoms with van der Waals surface area (Å²) in [5.41, 5.74) is -0.909. The van der Waals surface area contributed by atoms with Gasteiger partial charge in [0.25, 0.3) is 5.75 Å². The first kappa shape index (κ1) is 13.8. The average Bonchev–Trinajstić information content (AvgIpc) is 2.34.